The van der Waals surface area contributed by atoms with Gasteiger partial charge < -0.3 is 5.32 Å². The number of rotatable bonds is 6. The molecule has 0 aliphatic carbocycles. The van der Waals surface area contributed by atoms with E-state index in [2.05, 4.69) is 15.1 Å². The zero-order valence-electron chi connectivity index (χ0n) is 18.2. The largest absolute Gasteiger partial charge is 0.322 e. The highest BCUT2D eigenvalue weighted by atomic mass is 32.2. The lowest BCUT2D eigenvalue weighted by Gasteiger charge is -2.11. The van der Waals surface area contributed by atoms with E-state index in [1.165, 1.54) is 28.9 Å². The smallest absolute Gasteiger partial charge is 0.261 e. The van der Waals surface area contributed by atoms with Gasteiger partial charge in [-0.1, -0.05) is 24.3 Å². The molecule has 0 fully saturated rings. The first-order valence-electron chi connectivity index (χ1n) is 10.2. The summed E-state index contributed by atoms with van der Waals surface area (Å²) < 4.78 is 56.4. The molecule has 1 aromatic heterocycles. The number of amides is 1. The fourth-order valence-corrected chi connectivity index (χ4v) is 4.60. The first kappa shape index (κ1) is 23.1. The average Bonchev–Trinajstić information content (AvgIpc) is 3.08. The monoisotopic (exact) mass is 482 g/mol. The summed E-state index contributed by atoms with van der Waals surface area (Å²) in [7, 11) is -3.80. The van der Waals surface area contributed by atoms with Crippen LogP contribution in [0.1, 0.15) is 21.7 Å². The molecule has 34 heavy (non-hydrogen) atoms. The van der Waals surface area contributed by atoms with Gasteiger partial charge in [-0.05, 0) is 56.3 Å². The number of nitrogens with zero attached hydrogens (tertiary/aromatic N) is 2. The van der Waals surface area contributed by atoms with Crippen molar-refractivity contribution in [3.63, 3.8) is 0 Å². The van der Waals surface area contributed by atoms with Gasteiger partial charge in [-0.15, -0.1) is 0 Å². The molecule has 2 N–H and O–H groups in total. The molecular weight excluding hydrogens is 462 g/mol. The molecule has 0 aliphatic heterocycles. The Morgan fingerprint density at radius 2 is 1.62 bits per heavy atom. The van der Waals surface area contributed by atoms with Gasteiger partial charge in [0.05, 0.1) is 27.5 Å². The Balaban J connectivity index is 1.58. The molecule has 1 heterocycles. The van der Waals surface area contributed by atoms with Crippen LogP contribution in [0.4, 0.5) is 20.2 Å². The number of anilines is 2. The summed E-state index contributed by atoms with van der Waals surface area (Å²) in [6.07, 6.45) is 0. The van der Waals surface area contributed by atoms with Crippen molar-refractivity contribution in [1.82, 2.24) is 9.78 Å². The van der Waals surface area contributed by atoms with Crippen molar-refractivity contribution in [3.05, 3.63) is 101 Å². The summed E-state index contributed by atoms with van der Waals surface area (Å²) >= 11 is 0. The van der Waals surface area contributed by atoms with Gasteiger partial charge in [-0.2, -0.15) is 5.10 Å². The van der Waals surface area contributed by atoms with E-state index in [9.17, 15) is 22.0 Å². The maximum Gasteiger partial charge on any atom is 0.261 e. The Labute approximate surface area is 195 Å². The minimum atomic E-state index is -3.80. The number of carbonyl (C=O) groups is 1. The van der Waals surface area contributed by atoms with Crippen molar-refractivity contribution in [2.75, 3.05) is 10.0 Å². The number of nitrogens with one attached hydrogen (secondary N) is 2. The summed E-state index contributed by atoms with van der Waals surface area (Å²) in [4.78, 5) is 13.1. The average molecular weight is 483 g/mol. The second kappa shape index (κ2) is 9.06. The van der Waals surface area contributed by atoms with Crippen LogP contribution in [0.25, 0.3) is 5.69 Å². The summed E-state index contributed by atoms with van der Waals surface area (Å²) in [6, 6.07) is 17.2. The van der Waals surface area contributed by atoms with E-state index < -0.39 is 27.6 Å². The van der Waals surface area contributed by atoms with Crippen molar-refractivity contribution < 1.29 is 22.0 Å². The molecule has 4 rings (SSSR count). The fraction of sp³-hybridized carbons (Fsp3) is 0.0833. The summed E-state index contributed by atoms with van der Waals surface area (Å²) in [5.41, 5.74) is 1.55. The number of aryl methyl sites for hydroxylation is 1. The Kier molecular flexibility index (Phi) is 6.16. The van der Waals surface area contributed by atoms with Gasteiger partial charge in [-0.3, -0.25) is 9.52 Å². The van der Waals surface area contributed by atoms with Crippen molar-refractivity contribution in [2.45, 2.75) is 18.7 Å². The van der Waals surface area contributed by atoms with Crippen LogP contribution in [0.3, 0.4) is 0 Å². The molecule has 7 nitrogen and oxygen atoms in total. The number of carbonyl (C=O) groups excluding carboxylic acids is 1. The van der Waals surface area contributed by atoms with Gasteiger partial charge in [0.1, 0.15) is 11.5 Å². The molecule has 0 aliphatic rings. The van der Waals surface area contributed by atoms with Crippen LogP contribution in [-0.2, 0) is 10.0 Å². The molecule has 0 unspecified atom stereocenters. The number of hydrogen-bond donors (Lipinski definition) is 2. The third-order valence-electron chi connectivity index (χ3n) is 5.08. The van der Waals surface area contributed by atoms with Gasteiger partial charge in [0.2, 0.25) is 0 Å². The summed E-state index contributed by atoms with van der Waals surface area (Å²) in [5.74, 6) is -2.04. The topological polar surface area (TPSA) is 93.1 Å². The first-order valence-corrected chi connectivity index (χ1v) is 11.6. The highest BCUT2D eigenvalue weighted by Gasteiger charge is 2.21. The van der Waals surface area contributed by atoms with Gasteiger partial charge in [0.15, 0.2) is 5.82 Å². The molecule has 3 aromatic carbocycles. The number of halogens is 2. The van der Waals surface area contributed by atoms with Crippen molar-refractivity contribution in [1.29, 1.82) is 0 Å². The van der Waals surface area contributed by atoms with E-state index in [1.807, 2.05) is 0 Å². The van der Waals surface area contributed by atoms with Crippen LogP contribution in [0.2, 0.25) is 0 Å². The molecule has 1 amide bonds. The maximum absolute atomic E-state index is 14.3. The second-order valence-corrected chi connectivity index (χ2v) is 9.19. The fourth-order valence-electron chi connectivity index (χ4n) is 3.53. The molecule has 0 bridgehead atoms. The Hall–Kier alpha value is -4.05. The Bertz CT molecular complexity index is 1490. The van der Waals surface area contributed by atoms with Gasteiger partial charge >= 0.3 is 0 Å². The Morgan fingerprint density at radius 1 is 0.912 bits per heavy atom. The number of benzene rings is 3. The van der Waals surface area contributed by atoms with E-state index in [-0.39, 0.29) is 21.8 Å². The van der Waals surface area contributed by atoms with Crippen molar-refractivity contribution >= 4 is 27.3 Å². The van der Waals surface area contributed by atoms with E-state index in [0.29, 0.717) is 17.1 Å². The number of hydrogen-bond acceptors (Lipinski definition) is 4. The summed E-state index contributed by atoms with van der Waals surface area (Å²) in [6.45, 7) is 3.20. The van der Waals surface area contributed by atoms with E-state index in [0.717, 1.165) is 12.1 Å². The molecular formula is C24H20F2N4O3S. The molecule has 4 aromatic rings. The maximum atomic E-state index is 14.3. The summed E-state index contributed by atoms with van der Waals surface area (Å²) in [5, 5.41) is 6.95. The second-order valence-electron chi connectivity index (χ2n) is 7.51. The minimum Gasteiger partial charge on any atom is -0.322 e. The van der Waals surface area contributed by atoms with E-state index in [1.54, 1.807) is 50.2 Å². The SMILES string of the molecule is Cc1nn(-c2ccc(F)cc2F)c(C)c1C(=O)Nc1cccc(NS(=O)(=O)c2ccccc2)c1. The zero-order chi connectivity index (χ0) is 24.5. The molecule has 0 radical (unpaired) electrons. The lowest BCUT2D eigenvalue weighted by atomic mass is 10.1. The quantitative estimate of drug-likeness (QED) is 0.412. The van der Waals surface area contributed by atoms with Crippen LogP contribution in [0.5, 0.6) is 0 Å². The van der Waals surface area contributed by atoms with Crippen molar-refractivity contribution in [2.24, 2.45) is 0 Å². The van der Waals surface area contributed by atoms with Gasteiger partial charge in [0.25, 0.3) is 15.9 Å². The molecule has 174 valence electrons. The Morgan fingerprint density at radius 3 is 2.32 bits per heavy atom. The molecule has 0 saturated heterocycles. The molecule has 0 saturated carbocycles. The van der Waals surface area contributed by atoms with E-state index in [4.69, 9.17) is 0 Å². The lowest BCUT2D eigenvalue weighted by molar-refractivity contribution is 0.102. The minimum absolute atomic E-state index is 0.0124. The zero-order valence-corrected chi connectivity index (χ0v) is 19.0. The number of sulfonamides is 1. The lowest BCUT2D eigenvalue weighted by Crippen LogP contribution is -2.15. The molecule has 0 atom stereocenters. The van der Waals surface area contributed by atoms with Gasteiger partial charge in [-0.25, -0.2) is 21.9 Å². The highest BCUT2D eigenvalue weighted by Crippen LogP contribution is 2.24. The van der Waals surface area contributed by atoms with Gasteiger partial charge in [0, 0.05) is 11.8 Å². The third kappa shape index (κ3) is 4.67. The standard InChI is InChI=1S/C24H20F2N4O3S/c1-15-23(16(2)30(28-15)22-12-11-17(25)13-21(22)26)24(31)27-18-7-6-8-19(14-18)29-34(32,33)20-9-4-3-5-10-20/h3-14,29H,1-2H3,(H,27,31). The van der Waals surface area contributed by atoms with Crippen LogP contribution >= 0.6 is 0 Å². The molecule has 0 spiro atoms. The highest BCUT2D eigenvalue weighted by molar-refractivity contribution is 7.92. The predicted octanol–water partition coefficient (Wildman–Crippen LogP) is 4.82. The normalized spacial score (nSPS) is 11.3. The molecule has 10 heteroatoms. The van der Waals surface area contributed by atoms with Crippen molar-refractivity contribution in [3.8, 4) is 5.69 Å². The third-order valence-corrected chi connectivity index (χ3v) is 6.48. The predicted molar refractivity (Wildman–Crippen MR) is 125 cm³/mol. The van der Waals surface area contributed by atoms with Crippen LogP contribution in [0.15, 0.2) is 77.7 Å². The van der Waals surface area contributed by atoms with E-state index >= 15 is 0 Å². The first-order chi connectivity index (χ1) is 16.2. The van der Waals surface area contributed by atoms with Crippen LogP contribution in [0, 0.1) is 25.5 Å². The van der Waals surface area contributed by atoms with Crippen LogP contribution < -0.4 is 10.0 Å². The van der Waals surface area contributed by atoms with Crippen LogP contribution in [-0.4, -0.2) is 24.1 Å². The number of aromatic nitrogens is 2.